The Morgan fingerprint density at radius 2 is 1.96 bits per heavy atom. The van der Waals surface area contributed by atoms with Gasteiger partial charge in [0.15, 0.2) is 0 Å². The molecule has 0 bridgehead atoms. The molecule has 0 N–H and O–H groups in total. The molecular weight excluding hydrogens is 598 g/mol. The molecule has 1 amide bonds. The summed E-state index contributed by atoms with van der Waals surface area (Å²) in [7, 11) is 5.76. The molecule has 1 fully saturated rings. The van der Waals surface area contributed by atoms with E-state index in [1.54, 1.807) is 12.0 Å². The molecule has 3 aromatic heterocycles. The molecule has 5 heterocycles. The van der Waals surface area contributed by atoms with Crippen LogP contribution in [-0.2, 0) is 22.6 Å². The van der Waals surface area contributed by atoms with E-state index in [0.717, 1.165) is 53.6 Å². The van der Waals surface area contributed by atoms with E-state index in [4.69, 9.17) is 19.6 Å². The number of rotatable bonds is 9. The monoisotopic (exact) mass is 636 g/mol. The molecule has 1 aromatic carbocycles. The van der Waals surface area contributed by atoms with Crippen molar-refractivity contribution < 1.29 is 23.0 Å². The van der Waals surface area contributed by atoms with E-state index in [-0.39, 0.29) is 36.5 Å². The summed E-state index contributed by atoms with van der Waals surface area (Å²) in [5, 5.41) is 7.83. The van der Waals surface area contributed by atoms with Gasteiger partial charge in [0.2, 0.25) is 5.91 Å². The number of hydrogen-bond donors (Lipinski definition) is 0. The highest BCUT2D eigenvalue weighted by Crippen LogP contribution is 2.47. The molecule has 0 aliphatic carbocycles. The number of methoxy groups -OCH3 is 1. The minimum Gasteiger partial charge on any atom is -0.490 e. The van der Waals surface area contributed by atoms with Gasteiger partial charge in [0.25, 0.3) is 0 Å². The first-order valence-electron chi connectivity index (χ1n) is 15.1. The van der Waals surface area contributed by atoms with Crippen LogP contribution in [0.15, 0.2) is 42.3 Å². The van der Waals surface area contributed by atoms with Crippen molar-refractivity contribution in [1.29, 1.82) is 0 Å². The van der Waals surface area contributed by atoms with E-state index in [1.165, 1.54) is 23.5 Å². The fourth-order valence-corrected chi connectivity index (χ4v) is 7.29. The number of benzene rings is 1. The third-order valence-electron chi connectivity index (χ3n) is 8.76. The lowest BCUT2D eigenvalue weighted by Crippen LogP contribution is -2.44. The summed E-state index contributed by atoms with van der Waals surface area (Å²) in [6.07, 6.45) is 3.30. The Labute approximate surface area is 265 Å². The van der Waals surface area contributed by atoms with Crippen LogP contribution in [0.5, 0.6) is 5.75 Å². The van der Waals surface area contributed by atoms with Gasteiger partial charge in [-0.05, 0) is 57.4 Å². The molecule has 0 radical (unpaired) electrons. The van der Waals surface area contributed by atoms with Gasteiger partial charge in [-0.1, -0.05) is 6.58 Å². The van der Waals surface area contributed by atoms with Crippen LogP contribution >= 0.6 is 11.3 Å². The van der Waals surface area contributed by atoms with Crippen LogP contribution in [0.25, 0.3) is 32.6 Å². The molecule has 6 rings (SSSR count). The largest absolute Gasteiger partial charge is 0.490 e. The molecule has 45 heavy (non-hydrogen) atoms. The van der Waals surface area contributed by atoms with Crippen molar-refractivity contribution in [3.63, 3.8) is 0 Å². The average molecular weight is 637 g/mol. The summed E-state index contributed by atoms with van der Waals surface area (Å²) in [5.41, 5.74) is 2.49. The number of carbonyl (C=O) groups is 1. The number of aromatic nitrogens is 3. The van der Waals surface area contributed by atoms with Crippen LogP contribution in [-0.4, -0.2) is 90.1 Å². The zero-order valence-corrected chi connectivity index (χ0v) is 26.9. The number of piperidine rings is 1. The highest BCUT2D eigenvalue weighted by molar-refractivity contribution is 7.18. The van der Waals surface area contributed by atoms with E-state index in [1.807, 2.05) is 29.1 Å². The first kappa shape index (κ1) is 31.1. The highest BCUT2D eigenvalue weighted by Gasteiger charge is 2.32. The Morgan fingerprint density at radius 1 is 1.18 bits per heavy atom. The average Bonchev–Trinajstić information content (AvgIpc) is 3.67. The number of nitrogens with zero attached hydrogens (tertiary/aromatic N) is 6. The van der Waals surface area contributed by atoms with Crippen molar-refractivity contribution in [2.75, 3.05) is 52.4 Å². The number of fused-ring (bicyclic) bond motifs is 2. The van der Waals surface area contributed by atoms with Crippen molar-refractivity contribution in [1.82, 2.24) is 24.6 Å². The third-order valence-corrected chi connectivity index (χ3v) is 9.69. The lowest BCUT2D eigenvalue weighted by atomic mass is 9.98. The summed E-state index contributed by atoms with van der Waals surface area (Å²) in [6, 6.07) is 6.40. The van der Waals surface area contributed by atoms with Gasteiger partial charge in [-0.15, -0.1) is 11.3 Å². The van der Waals surface area contributed by atoms with Crippen LogP contribution < -0.4 is 9.64 Å². The minimum absolute atomic E-state index is 0.0715. The predicted octanol–water partition coefficient (Wildman–Crippen LogP) is 5.58. The van der Waals surface area contributed by atoms with Crippen molar-refractivity contribution in [3.05, 3.63) is 59.6 Å². The maximum absolute atomic E-state index is 16.0. The van der Waals surface area contributed by atoms with Gasteiger partial charge in [0.05, 0.1) is 31.0 Å². The Morgan fingerprint density at radius 3 is 2.67 bits per heavy atom. The Bertz CT molecular complexity index is 1730. The number of ether oxygens (including phenoxy) is 2. The Balaban J connectivity index is 1.55. The molecule has 1 atom stereocenters. The van der Waals surface area contributed by atoms with Gasteiger partial charge < -0.3 is 24.2 Å². The molecule has 1 saturated heterocycles. The van der Waals surface area contributed by atoms with E-state index < -0.39 is 11.6 Å². The second kappa shape index (κ2) is 12.9. The second-order valence-electron chi connectivity index (χ2n) is 11.8. The van der Waals surface area contributed by atoms with Crippen LogP contribution in [0.3, 0.4) is 0 Å². The van der Waals surface area contributed by atoms with Crippen LogP contribution in [0.1, 0.15) is 25.5 Å². The summed E-state index contributed by atoms with van der Waals surface area (Å²) < 4.78 is 44.3. The molecule has 4 aromatic rings. The molecule has 1 unspecified atom stereocenters. The fourth-order valence-electron chi connectivity index (χ4n) is 6.35. The highest BCUT2D eigenvalue weighted by atomic mass is 32.1. The number of pyridine rings is 1. The SMILES string of the molecule is C=CC(=O)N1Cc2cc(-c3nc(N4CCC(N(C)C)CC4)c4ccsc4c3-c3c(F)cc(F)cc3OCCOC)nn2CC1C. The van der Waals surface area contributed by atoms with Crippen molar-refractivity contribution in [2.45, 2.75) is 44.9 Å². The molecule has 0 saturated carbocycles. The van der Waals surface area contributed by atoms with E-state index in [9.17, 15) is 9.18 Å². The van der Waals surface area contributed by atoms with Gasteiger partial charge in [0.1, 0.15) is 41.2 Å². The molecule has 12 heteroatoms. The first-order chi connectivity index (χ1) is 21.7. The van der Waals surface area contributed by atoms with Gasteiger partial charge >= 0.3 is 0 Å². The van der Waals surface area contributed by atoms with Crippen molar-refractivity contribution in [3.8, 4) is 28.3 Å². The normalized spacial score (nSPS) is 17.3. The zero-order chi connectivity index (χ0) is 31.8. The van der Waals surface area contributed by atoms with Gasteiger partial charge in [-0.25, -0.2) is 13.8 Å². The summed E-state index contributed by atoms with van der Waals surface area (Å²) in [6.45, 7) is 8.50. The Kier molecular flexibility index (Phi) is 8.89. The number of hydrogen-bond acceptors (Lipinski definition) is 8. The van der Waals surface area contributed by atoms with E-state index in [0.29, 0.717) is 36.1 Å². The van der Waals surface area contributed by atoms with Crippen LogP contribution in [0.4, 0.5) is 14.6 Å². The first-order valence-corrected chi connectivity index (χ1v) is 16.0. The fraction of sp³-hybridized carbons (Fsp3) is 0.424. The zero-order valence-electron chi connectivity index (χ0n) is 26.1. The molecule has 238 valence electrons. The lowest BCUT2D eigenvalue weighted by molar-refractivity contribution is -0.129. The summed E-state index contributed by atoms with van der Waals surface area (Å²) >= 11 is 1.48. The van der Waals surface area contributed by atoms with Gasteiger partial charge in [-0.3, -0.25) is 9.48 Å². The van der Waals surface area contributed by atoms with Crippen molar-refractivity contribution in [2.24, 2.45) is 0 Å². The summed E-state index contributed by atoms with van der Waals surface area (Å²) in [4.78, 5) is 24.1. The Hall–Kier alpha value is -3.87. The number of carbonyl (C=O) groups excluding carboxylic acids is 1. The molecule has 2 aliphatic rings. The number of amides is 1. The number of anilines is 1. The maximum Gasteiger partial charge on any atom is 0.246 e. The van der Waals surface area contributed by atoms with E-state index >= 15 is 4.39 Å². The minimum atomic E-state index is -0.750. The van der Waals surface area contributed by atoms with Gasteiger partial charge in [0, 0.05) is 60.1 Å². The molecule has 9 nitrogen and oxygen atoms in total. The van der Waals surface area contributed by atoms with Gasteiger partial charge in [-0.2, -0.15) is 5.10 Å². The number of halogens is 2. The molecule has 0 spiro atoms. The van der Waals surface area contributed by atoms with Crippen LogP contribution in [0.2, 0.25) is 0 Å². The lowest BCUT2D eigenvalue weighted by Gasteiger charge is -2.36. The smallest absolute Gasteiger partial charge is 0.246 e. The van der Waals surface area contributed by atoms with E-state index in [2.05, 4.69) is 30.5 Å². The third kappa shape index (κ3) is 5.94. The molecule has 2 aliphatic heterocycles. The standard InChI is InChI=1S/C33H38F2N6O3S/c1-6-28(42)40-19-23-17-26(37-41(23)18-20(40)2)31-30(29-25(35)15-21(34)16-27(29)44-13-12-43-5)32-24(9-14-45-32)33(36-31)39-10-7-22(8-11-39)38(3)4/h6,9,14-17,20,22H,1,7-8,10-13,18-19H2,2-5H3. The summed E-state index contributed by atoms with van der Waals surface area (Å²) in [5.74, 6) is -0.749. The second-order valence-corrected chi connectivity index (χ2v) is 12.7. The van der Waals surface area contributed by atoms with Crippen molar-refractivity contribution >= 4 is 33.1 Å². The topological polar surface area (TPSA) is 76.0 Å². The predicted molar refractivity (Wildman–Crippen MR) is 173 cm³/mol. The molecular formula is C33H38F2N6O3S. The quantitative estimate of drug-likeness (QED) is 0.176. The van der Waals surface area contributed by atoms with Crippen LogP contribution in [0, 0.1) is 11.6 Å². The maximum atomic E-state index is 16.0. The number of thiophene rings is 1.